The van der Waals surface area contributed by atoms with Crippen molar-refractivity contribution >= 4 is 29.0 Å². The SMILES string of the molecule is CC1(C)CC(c2ccc(NC(=O)N3Cc4ccncc4C3)cc2)=NN(Cc2ccc(NO)cc2)C1=O. The number of hydrogen-bond donors (Lipinski definition) is 3. The van der Waals surface area contributed by atoms with Crippen LogP contribution in [-0.2, 0) is 24.4 Å². The number of carbonyl (C=O) groups excluding carboxylic acids is 2. The van der Waals surface area contributed by atoms with Crippen LogP contribution in [-0.4, -0.2) is 37.8 Å². The number of hydrazone groups is 1. The number of nitrogens with one attached hydrogen (secondary N) is 2. The maximum atomic E-state index is 13.0. The first-order chi connectivity index (χ1) is 17.3. The largest absolute Gasteiger partial charge is 0.322 e. The van der Waals surface area contributed by atoms with Gasteiger partial charge in [0.15, 0.2) is 0 Å². The van der Waals surface area contributed by atoms with Gasteiger partial charge in [-0.15, -0.1) is 0 Å². The summed E-state index contributed by atoms with van der Waals surface area (Å²) in [7, 11) is 0. The Morgan fingerprint density at radius 3 is 2.39 bits per heavy atom. The van der Waals surface area contributed by atoms with Crippen molar-refractivity contribution in [3.05, 3.63) is 89.2 Å². The average Bonchev–Trinajstić information content (AvgIpc) is 3.32. The smallest absolute Gasteiger partial charge is 0.316 e. The fraction of sp³-hybridized carbons (Fsp3) is 0.259. The van der Waals surface area contributed by atoms with Crippen molar-refractivity contribution in [2.24, 2.45) is 10.5 Å². The van der Waals surface area contributed by atoms with Crippen molar-refractivity contribution in [3.63, 3.8) is 0 Å². The molecule has 3 aromatic rings. The molecule has 0 aliphatic carbocycles. The van der Waals surface area contributed by atoms with Crippen molar-refractivity contribution in [2.45, 2.75) is 39.9 Å². The number of hydrogen-bond acceptors (Lipinski definition) is 6. The Hall–Kier alpha value is -4.24. The highest BCUT2D eigenvalue weighted by molar-refractivity contribution is 6.06. The molecule has 184 valence electrons. The molecule has 1 aromatic heterocycles. The predicted octanol–water partition coefficient (Wildman–Crippen LogP) is 4.59. The van der Waals surface area contributed by atoms with Crippen LogP contribution < -0.4 is 10.8 Å². The number of aromatic nitrogens is 1. The molecule has 9 nitrogen and oxygen atoms in total. The minimum Gasteiger partial charge on any atom is -0.316 e. The number of pyridine rings is 1. The summed E-state index contributed by atoms with van der Waals surface area (Å²) in [5, 5.41) is 18.2. The van der Waals surface area contributed by atoms with E-state index >= 15 is 0 Å². The highest BCUT2D eigenvalue weighted by Gasteiger charge is 2.38. The summed E-state index contributed by atoms with van der Waals surface area (Å²) in [6.07, 6.45) is 4.06. The van der Waals surface area contributed by atoms with Gasteiger partial charge >= 0.3 is 6.03 Å². The molecule has 0 atom stereocenters. The molecule has 3 amide bonds. The molecule has 0 radical (unpaired) electrons. The number of urea groups is 1. The normalized spacial score (nSPS) is 16.4. The number of amides is 3. The van der Waals surface area contributed by atoms with Crippen LogP contribution in [0.15, 0.2) is 72.1 Å². The van der Waals surface area contributed by atoms with Crippen LogP contribution in [0.5, 0.6) is 0 Å². The van der Waals surface area contributed by atoms with Crippen LogP contribution in [0.4, 0.5) is 16.2 Å². The fourth-order valence-corrected chi connectivity index (χ4v) is 4.51. The van der Waals surface area contributed by atoms with Crippen molar-refractivity contribution in [1.82, 2.24) is 14.9 Å². The lowest BCUT2D eigenvalue weighted by Gasteiger charge is -2.34. The molecule has 2 aromatic carbocycles. The Labute approximate surface area is 209 Å². The zero-order valence-corrected chi connectivity index (χ0v) is 20.2. The summed E-state index contributed by atoms with van der Waals surface area (Å²) < 4.78 is 0. The fourth-order valence-electron chi connectivity index (χ4n) is 4.51. The molecule has 5 rings (SSSR count). The molecule has 9 heteroatoms. The minimum absolute atomic E-state index is 0.0405. The maximum Gasteiger partial charge on any atom is 0.322 e. The van der Waals surface area contributed by atoms with Crippen molar-refractivity contribution in [2.75, 3.05) is 10.8 Å². The second-order valence-electron chi connectivity index (χ2n) is 9.79. The Morgan fingerprint density at radius 1 is 1.00 bits per heavy atom. The van der Waals surface area contributed by atoms with Gasteiger partial charge in [-0.1, -0.05) is 38.1 Å². The zero-order chi connectivity index (χ0) is 25.3. The maximum absolute atomic E-state index is 13.0. The van der Waals surface area contributed by atoms with Crippen molar-refractivity contribution in [1.29, 1.82) is 0 Å². The van der Waals surface area contributed by atoms with Gasteiger partial charge in [0, 0.05) is 37.6 Å². The molecule has 3 heterocycles. The third-order valence-corrected chi connectivity index (χ3v) is 6.56. The van der Waals surface area contributed by atoms with E-state index in [4.69, 9.17) is 5.21 Å². The van der Waals surface area contributed by atoms with Gasteiger partial charge in [0.1, 0.15) is 0 Å². The molecule has 0 saturated heterocycles. The molecule has 36 heavy (non-hydrogen) atoms. The van der Waals surface area contributed by atoms with Gasteiger partial charge in [-0.3, -0.25) is 20.5 Å². The molecule has 0 unspecified atom stereocenters. The van der Waals surface area contributed by atoms with Crippen molar-refractivity contribution in [3.8, 4) is 0 Å². The van der Waals surface area contributed by atoms with E-state index in [1.165, 1.54) is 5.01 Å². The average molecular weight is 485 g/mol. The van der Waals surface area contributed by atoms with E-state index in [2.05, 4.69) is 20.9 Å². The quantitative estimate of drug-likeness (QED) is 0.459. The van der Waals surface area contributed by atoms with E-state index in [-0.39, 0.29) is 11.9 Å². The second-order valence-corrected chi connectivity index (χ2v) is 9.79. The number of nitrogens with zero attached hydrogens (tertiary/aromatic N) is 4. The van der Waals surface area contributed by atoms with E-state index in [1.807, 2.05) is 56.3 Å². The van der Waals surface area contributed by atoms with Crippen LogP contribution >= 0.6 is 0 Å². The Morgan fingerprint density at radius 2 is 1.69 bits per heavy atom. The molecule has 0 saturated carbocycles. The summed E-state index contributed by atoms with van der Waals surface area (Å²) in [4.78, 5) is 31.7. The van der Waals surface area contributed by atoms with Gasteiger partial charge in [-0.05, 0) is 52.6 Å². The third-order valence-electron chi connectivity index (χ3n) is 6.56. The van der Waals surface area contributed by atoms with E-state index in [0.29, 0.717) is 37.4 Å². The summed E-state index contributed by atoms with van der Waals surface area (Å²) in [6, 6.07) is 16.5. The van der Waals surface area contributed by atoms with Gasteiger partial charge in [0.2, 0.25) is 5.91 Å². The number of rotatable bonds is 5. The first kappa shape index (κ1) is 23.5. The lowest BCUT2D eigenvalue weighted by atomic mass is 9.82. The lowest BCUT2D eigenvalue weighted by Crippen LogP contribution is -2.43. The number of carbonyl (C=O) groups is 2. The predicted molar refractivity (Wildman–Crippen MR) is 136 cm³/mol. The molecule has 3 N–H and O–H groups in total. The molecule has 0 fully saturated rings. The van der Waals surface area contributed by atoms with Gasteiger partial charge in [-0.25, -0.2) is 9.80 Å². The van der Waals surface area contributed by atoms with E-state index in [0.717, 1.165) is 28.0 Å². The Kier molecular flexibility index (Phi) is 6.15. The number of fused-ring (bicyclic) bond motifs is 1. The topological polar surface area (TPSA) is 110 Å². The molecule has 2 aliphatic heterocycles. The molecule has 0 bridgehead atoms. The zero-order valence-electron chi connectivity index (χ0n) is 20.2. The Balaban J connectivity index is 1.29. The lowest BCUT2D eigenvalue weighted by molar-refractivity contribution is -0.141. The van der Waals surface area contributed by atoms with Crippen molar-refractivity contribution < 1.29 is 14.8 Å². The summed E-state index contributed by atoms with van der Waals surface area (Å²) in [5.41, 5.74) is 7.58. The van der Waals surface area contributed by atoms with Crippen LogP contribution in [0.1, 0.15) is 42.5 Å². The van der Waals surface area contributed by atoms with Gasteiger partial charge in [-0.2, -0.15) is 5.10 Å². The molecular formula is C27H28N6O3. The van der Waals surface area contributed by atoms with E-state index < -0.39 is 5.41 Å². The standard InChI is InChI=1S/C27H28N6O3/c1-27(2)13-24(30-33(25(27)34)15-18-3-7-23(31-36)8-4-18)19-5-9-22(10-6-19)29-26(35)32-16-20-11-12-28-14-21(20)17-32/h3-12,14,31,36H,13,15-17H2,1-2H3,(H,29,35). The minimum atomic E-state index is -0.601. The summed E-state index contributed by atoms with van der Waals surface area (Å²) >= 11 is 0. The second kappa shape index (κ2) is 9.43. The molecular weight excluding hydrogens is 456 g/mol. The van der Waals surface area contributed by atoms with Crippen LogP contribution in [0.2, 0.25) is 0 Å². The number of anilines is 2. The van der Waals surface area contributed by atoms with Gasteiger partial charge in [0.25, 0.3) is 0 Å². The highest BCUT2D eigenvalue weighted by Crippen LogP contribution is 2.32. The first-order valence-corrected chi connectivity index (χ1v) is 11.8. The van der Waals surface area contributed by atoms with E-state index in [9.17, 15) is 9.59 Å². The third kappa shape index (κ3) is 4.78. The monoisotopic (exact) mass is 484 g/mol. The summed E-state index contributed by atoms with van der Waals surface area (Å²) in [6.45, 7) is 5.29. The van der Waals surface area contributed by atoms with Gasteiger partial charge in [0.05, 0.1) is 23.4 Å². The van der Waals surface area contributed by atoms with Crippen LogP contribution in [0, 0.1) is 5.41 Å². The van der Waals surface area contributed by atoms with E-state index in [1.54, 1.807) is 29.4 Å². The summed E-state index contributed by atoms with van der Waals surface area (Å²) in [5.74, 6) is -0.0405. The Bertz CT molecular complexity index is 1290. The van der Waals surface area contributed by atoms with Gasteiger partial charge < -0.3 is 10.2 Å². The van der Waals surface area contributed by atoms with Crippen LogP contribution in [0.25, 0.3) is 0 Å². The highest BCUT2D eigenvalue weighted by atomic mass is 16.5. The first-order valence-electron chi connectivity index (χ1n) is 11.8. The van der Waals surface area contributed by atoms with Crippen LogP contribution in [0.3, 0.4) is 0 Å². The number of benzene rings is 2. The molecule has 2 aliphatic rings. The molecule has 0 spiro atoms.